The summed E-state index contributed by atoms with van der Waals surface area (Å²) in [7, 11) is 0. The van der Waals surface area contributed by atoms with Crippen molar-refractivity contribution >= 4 is 22.7 Å². The molecule has 66 heavy (non-hydrogen) atoms. The highest BCUT2D eigenvalue weighted by Gasteiger charge is 2.37. The molecule has 0 radical (unpaired) electrons. The average Bonchev–Trinajstić information content (AvgIpc) is 3.23. The molecule has 0 amide bonds. The summed E-state index contributed by atoms with van der Waals surface area (Å²) < 4.78 is 180. The van der Waals surface area contributed by atoms with Crippen molar-refractivity contribution < 1.29 is 71.6 Å². The van der Waals surface area contributed by atoms with Crippen molar-refractivity contribution in [2.75, 3.05) is 22.9 Å². The lowest BCUT2D eigenvalue weighted by Crippen LogP contribution is -2.08. The highest BCUT2D eigenvalue weighted by molar-refractivity contribution is 5.65. The second kappa shape index (κ2) is 18.7. The van der Waals surface area contributed by atoms with E-state index in [1.165, 1.54) is 72.8 Å². The number of hydrogen-bond donors (Lipinski definition) is 4. The molecule has 0 aliphatic heterocycles. The van der Waals surface area contributed by atoms with Crippen LogP contribution >= 0.6 is 0 Å². The number of alkyl halides is 12. The van der Waals surface area contributed by atoms with Crippen molar-refractivity contribution in [1.82, 2.24) is 0 Å². The van der Waals surface area contributed by atoms with Gasteiger partial charge in [-0.1, -0.05) is 24.3 Å². The van der Waals surface area contributed by atoms with Gasteiger partial charge >= 0.3 is 24.7 Å². The van der Waals surface area contributed by atoms with Crippen molar-refractivity contribution in [1.29, 1.82) is 0 Å². The van der Waals surface area contributed by atoms with Crippen molar-refractivity contribution in [3.8, 4) is 57.1 Å². The van der Waals surface area contributed by atoms with E-state index in [-0.39, 0.29) is 57.2 Å². The monoisotopic (exact) mass is 932 g/mol. The molecule has 0 fully saturated rings. The Kier molecular flexibility index (Phi) is 13.5. The third kappa shape index (κ3) is 12.2. The number of ether oxygens (including phenoxy) is 4. The normalized spacial score (nSPS) is 11.9. The van der Waals surface area contributed by atoms with Crippen LogP contribution in [0.4, 0.5) is 75.4 Å². The van der Waals surface area contributed by atoms with Crippen LogP contribution in [0.5, 0.6) is 46.0 Å². The Morgan fingerprint density at radius 1 is 0.258 bits per heavy atom. The molecule has 7 aromatic rings. The van der Waals surface area contributed by atoms with Crippen molar-refractivity contribution in [2.45, 2.75) is 24.7 Å². The summed E-state index contributed by atoms with van der Waals surface area (Å²) in [4.78, 5) is 0. The first kappa shape index (κ1) is 47.6. The van der Waals surface area contributed by atoms with E-state index in [0.29, 0.717) is 11.1 Å². The Morgan fingerprint density at radius 2 is 0.439 bits per heavy atom. The van der Waals surface area contributed by atoms with Crippen molar-refractivity contribution in [2.24, 2.45) is 0 Å². The second-order valence-electron chi connectivity index (χ2n) is 13.9. The van der Waals surface area contributed by atoms with E-state index in [9.17, 15) is 52.7 Å². The van der Waals surface area contributed by atoms with Gasteiger partial charge in [0.05, 0.1) is 0 Å². The molecule has 7 rings (SSSR count). The molecule has 344 valence electrons. The van der Waals surface area contributed by atoms with Crippen LogP contribution in [0.15, 0.2) is 146 Å². The molecule has 8 N–H and O–H groups in total. The van der Waals surface area contributed by atoms with Crippen LogP contribution in [0, 0.1) is 0 Å². The van der Waals surface area contributed by atoms with E-state index in [4.69, 9.17) is 41.9 Å². The maximum atomic E-state index is 13.3. The van der Waals surface area contributed by atoms with Gasteiger partial charge in [0, 0.05) is 22.7 Å². The zero-order valence-electron chi connectivity index (χ0n) is 33.3. The molecule has 7 aromatic carbocycles. The Labute approximate surface area is 366 Å². The van der Waals surface area contributed by atoms with Gasteiger partial charge in [-0.3, -0.25) is 0 Å². The van der Waals surface area contributed by atoms with E-state index in [1.807, 2.05) is 0 Å². The lowest BCUT2D eigenvalue weighted by molar-refractivity contribution is -0.139. The molecule has 0 heterocycles. The first-order valence-electron chi connectivity index (χ1n) is 18.7. The Bertz CT molecular complexity index is 2600. The van der Waals surface area contributed by atoms with E-state index in [0.717, 1.165) is 48.5 Å². The first-order chi connectivity index (χ1) is 30.8. The minimum Gasteiger partial charge on any atom is -0.457 e. The van der Waals surface area contributed by atoms with E-state index in [2.05, 4.69) is 0 Å². The number of nitrogen functional groups attached to an aromatic ring is 4. The summed E-state index contributed by atoms with van der Waals surface area (Å²) in [6.45, 7) is 0. The van der Waals surface area contributed by atoms with E-state index >= 15 is 0 Å². The minimum atomic E-state index is -4.68. The van der Waals surface area contributed by atoms with Crippen LogP contribution in [0.25, 0.3) is 11.1 Å². The summed E-state index contributed by atoms with van der Waals surface area (Å²) in [5.41, 5.74) is 18.8. The number of rotatable bonds is 9. The van der Waals surface area contributed by atoms with Gasteiger partial charge in [0.1, 0.15) is 68.2 Å². The van der Waals surface area contributed by atoms with Crippen LogP contribution in [0.3, 0.4) is 0 Å². The van der Waals surface area contributed by atoms with Crippen LogP contribution in [-0.4, -0.2) is 0 Å². The summed E-state index contributed by atoms with van der Waals surface area (Å²) >= 11 is 0. The predicted molar refractivity (Wildman–Crippen MR) is 222 cm³/mol. The molecule has 0 aromatic heterocycles. The highest BCUT2D eigenvalue weighted by Crippen LogP contribution is 2.44. The molecule has 0 spiro atoms. The standard InChI is InChI=1S/C26H18F6N2O2.C20H14F6N2O2/c27-25(28,29)21-13-17(33)5-11-23(21)35-19-7-1-15(2-8-19)16-3-9-20(10-4-16)36-24-12-6-18(34)14-22(24)26(30,31)32;21-19(22,23)15-9-11(27)1-7-17(15)29-13-3-5-14(6-4-13)30-18-8-2-12(28)10-16(18)20(24,25)26/h1-14H,33-34H2;1-10H,27-28H2. The Balaban J connectivity index is 0.000000222. The number of hydrogen-bond acceptors (Lipinski definition) is 8. The van der Waals surface area contributed by atoms with Crippen LogP contribution in [0.2, 0.25) is 0 Å². The fourth-order valence-electron chi connectivity index (χ4n) is 5.95. The summed E-state index contributed by atoms with van der Waals surface area (Å²) in [5.74, 6) is -1.31. The van der Waals surface area contributed by atoms with Gasteiger partial charge < -0.3 is 41.9 Å². The SMILES string of the molecule is Nc1ccc(Oc2ccc(-c3ccc(Oc4ccc(N)cc4C(F)(F)F)cc3)cc2)c(C(F)(F)F)c1.Nc1ccc(Oc2ccc(Oc3ccc(N)cc3C(F)(F)F)cc2)c(C(F)(F)F)c1. The molecular formula is C46H32F12N4O4. The van der Waals surface area contributed by atoms with E-state index in [1.54, 1.807) is 24.3 Å². The van der Waals surface area contributed by atoms with Gasteiger partial charge in [0.25, 0.3) is 0 Å². The molecule has 0 saturated heterocycles. The topological polar surface area (TPSA) is 141 Å². The summed E-state index contributed by atoms with van der Waals surface area (Å²) in [5, 5.41) is 0. The predicted octanol–water partition coefficient (Wildman–Crippen LogP) is 14.6. The zero-order chi connectivity index (χ0) is 48.2. The van der Waals surface area contributed by atoms with Crippen molar-refractivity contribution in [3.63, 3.8) is 0 Å². The maximum absolute atomic E-state index is 13.3. The van der Waals surface area contributed by atoms with E-state index < -0.39 is 58.5 Å². The number of anilines is 4. The summed E-state index contributed by atoms with van der Waals surface area (Å²) in [6, 6.07) is 30.2. The zero-order valence-corrected chi connectivity index (χ0v) is 33.3. The van der Waals surface area contributed by atoms with Gasteiger partial charge in [0.2, 0.25) is 0 Å². The number of halogens is 12. The van der Waals surface area contributed by atoms with Gasteiger partial charge in [-0.05, 0) is 132 Å². The molecule has 20 heteroatoms. The smallest absolute Gasteiger partial charge is 0.420 e. The largest absolute Gasteiger partial charge is 0.457 e. The van der Waals surface area contributed by atoms with Crippen LogP contribution in [-0.2, 0) is 24.7 Å². The van der Waals surface area contributed by atoms with Gasteiger partial charge in [-0.2, -0.15) is 52.7 Å². The van der Waals surface area contributed by atoms with Gasteiger partial charge in [-0.25, -0.2) is 0 Å². The average molecular weight is 933 g/mol. The second-order valence-corrected chi connectivity index (χ2v) is 13.9. The van der Waals surface area contributed by atoms with Crippen LogP contribution < -0.4 is 41.9 Å². The molecule has 0 aliphatic carbocycles. The number of benzene rings is 7. The molecule has 0 atom stereocenters. The Hall–Kier alpha value is -7.90. The Morgan fingerprint density at radius 3 is 0.621 bits per heavy atom. The van der Waals surface area contributed by atoms with Crippen LogP contribution in [0.1, 0.15) is 22.3 Å². The highest BCUT2D eigenvalue weighted by atomic mass is 19.4. The molecule has 8 nitrogen and oxygen atoms in total. The molecule has 0 aliphatic rings. The van der Waals surface area contributed by atoms with Crippen molar-refractivity contribution in [3.05, 3.63) is 168 Å². The fraction of sp³-hybridized carbons (Fsp3) is 0.0870. The summed E-state index contributed by atoms with van der Waals surface area (Å²) in [6.07, 6.45) is -18.6. The molecule has 0 saturated carbocycles. The number of nitrogens with two attached hydrogens (primary N) is 4. The molecule has 0 unspecified atom stereocenters. The lowest BCUT2D eigenvalue weighted by atomic mass is 10.1. The fourth-order valence-corrected chi connectivity index (χ4v) is 5.95. The third-order valence-corrected chi connectivity index (χ3v) is 9.01. The first-order valence-corrected chi connectivity index (χ1v) is 18.7. The maximum Gasteiger partial charge on any atom is 0.420 e. The lowest BCUT2D eigenvalue weighted by Gasteiger charge is -2.16. The minimum absolute atomic E-state index is 0.0194. The molecule has 0 bridgehead atoms. The van der Waals surface area contributed by atoms with Gasteiger partial charge in [-0.15, -0.1) is 0 Å². The molecular weight excluding hydrogens is 901 g/mol. The third-order valence-electron chi connectivity index (χ3n) is 9.01. The van der Waals surface area contributed by atoms with Gasteiger partial charge in [0.15, 0.2) is 0 Å². The quantitative estimate of drug-likeness (QED) is 0.0828.